The second-order valence-electron chi connectivity index (χ2n) is 8.66. The van der Waals surface area contributed by atoms with E-state index in [9.17, 15) is 27.2 Å². The topological polar surface area (TPSA) is 80.1 Å². The first-order valence-corrected chi connectivity index (χ1v) is 12.9. The number of para-hydroxylation sites is 1. The minimum absolute atomic E-state index is 0.0347. The lowest BCUT2D eigenvalue weighted by Gasteiger charge is -2.17. The summed E-state index contributed by atoms with van der Waals surface area (Å²) in [6, 6.07) is 17.6. The number of hydrogen-bond acceptors (Lipinski definition) is 5. The molecule has 0 spiro atoms. The van der Waals surface area contributed by atoms with E-state index < -0.39 is 23.5 Å². The van der Waals surface area contributed by atoms with Crippen molar-refractivity contribution >= 4 is 29.3 Å². The van der Waals surface area contributed by atoms with Gasteiger partial charge in [-0.2, -0.15) is 13.2 Å². The molecule has 5 rings (SSSR count). The van der Waals surface area contributed by atoms with Crippen LogP contribution in [-0.2, 0) is 23.9 Å². The number of rotatable bonds is 7. The van der Waals surface area contributed by atoms with Crippen LogP contribution < -0.4 is 10.2 Å². The predicted molar refractivity (Wildman–Crippen MR) is 137 cm³/mol. The first kappa shape index (κ1) is 26.4. The zero-order chi connectivity index (χ0) is 27.6. The Morgan fingerprint density at radius 3 is 2.54 bits per heavy atom. The second-order valence-corrected chi connectivity index (χ2v) is 9.60. The smallest absolute Gasteiger partial charge is 0.345 e. The van der Waals surface area contributed by atoms with Crippen molar-refractivity contribution in [3.05, 3.63) is 101 Å². The van der Waals surface area contributed by atoms with Crippen molar-refractivity contribution < 1.29 is 27.2 Å². The Labute approximate surface area is 224 Å². The number of carbonyl (C=O) groups excluding carboxylic acids is 2. The van der Waals surface area contributed by atoms with Crippen molar-refractivity contribution in [1.29, 1.82) is 0 Å². The second kappa shape index (κ2) is 10.9. The van der Waals surface area contributed by atoms with Crippen molar-refractivity contribution in [2.75, 3.05) is 17.2 Å². The molecule has 0 aliphatic carbocycles. The molecule has 0 radical (unpaired) electrons. The number of halogens is 4. The average molecular weight is 556 g/mol. The summed E-state index contributed by atoms with van der Waals surface area (Å²) < 4.78 is 55.7. The number of fused-ring (bicyclic) bond motifs is 1. The molecule has 2 amide bonds. The van der Waals surface area contributed by atoms with Gasteiger partial charge in [0, 0.05) is 12.2 Å². The summed E-state index contributed by atoms with van der Waals surface area (Å²) >= 11 is 1.02. The predicted octanol–water partition coefficient (Wildman–Crippen LogP) is 5.04. The van der Waals surface area contributed by atoms with Crippen molar-refractivity contribution in [2.24, 2.45) is 0 Å². The van der Waals surface area contributed by atoms with Gasteiger partial charge in [0.15, 0.2) is 11.0 Å². The van der Waals surface area contributed by atoms with Gasteiger partial charge in [-0.1, -0.05) is 48.2 Å². The van der Waals surface area contributed by atoms with Crippen LogP contribution in [0.5, 0.6) is 0 Å². The van der Waals surface area contributed by atoms with Crippen molar-refractivity contribution in [3.63, 3.8) is 0 Å². The molecule has 1 aliphatic rings. The molecule has 2 heterocycles. The Hall–Kier alpha value is -4.19. The van der Waals surface area contributed by atoms with Crippen LogP contribution in [0.25, 0.3) is 5.69 Å². The molecule has 12 heteroatoms. The summed E-state index contributed by atoms with van der Waals surface area (Å²) in [6.07, 6.45) is -3.85. The molecule has 0 bridgehead atoms. The van der Waals surface area contributed by atoms with E-state index in [4.69, 9.17) is 0 Å². The number of hydrogen-bond donors (Lipinski definition) is 1. The number of amides is 2. The van der Waals surface area contributed by atoms with Crippen LogP contribution in [0.2, 0.25) is 0 Å². The third kappa shape index (κ3) is 5.65. The van der Waals surface area contributed by atoms with Crippen molar-refractivity contribution in [2.45, 2.75) is 24.3 Å². The number of aromatic nitrogens is 3. The van der Waals surface area contributed by atoms with E-state index in [0.717, 1.165) is 47.6 Å². The van der Waals surface area contributed by atoms with Gasteiger partial charge in [-0.15, -0.1) is 10.2 Å². The number of nitrogens with zero attached hydrogens (tertiary/aromatic N) is 4. The fourth-order valence-electron chi connectivity index (χ4n) is 4.29. The number of carbonyl (C=O) groups is 2. The molecule has 0 atom stereocenters. The monoisotopic (exact) mass is 555 g/mol. The van der Waals surface area contributed by atoms with Gasteiger partial charge in [0.25, 0.3) is 5.91 Å². The summed E-state index contributed by atoms with van der Waals surface area (Å²) in [7, 11) is 0. The Morgan fingerprint density at radius 2 is 1.74 bits per heavy atom. The summed E-state index contributed by atoms with van der Waals surface area (Å²) in [5, 5.41) is 10.9. The van der Waals surface area contributed by atoms with Gasteiger partial charge >= 0.3 is 6.18 Å². The SMILES string of the molecule is O=C(NCc1nnc(SCC(=O)N2CCc3ccccc32)n1-c1cccc(C(F)(F)F)c1)c1ccccc1F. The molecule has 1 aliphatic heterocycles. The maximum absolute atomic E-state index is 14.0. The lowest BCUT2D eigenvalue weighted by molar-refractivity contribution is -0.137. The maximum atomic E-state index is 14.0. The molecule has 0 saturated heterocycles. The van der Waals surface area contributed by atoms with Gasteiger partial charge in [0.1, 0.15) is 5.82 Å². The van der Waals surface area contributed by atoms with Crippen LogP contribution in [0.15, 0.2) is 78.0 Å². The summed E-state index contributed by atoms with van der Waals surface area (Å²) in [5.74, 6) is -1.54. The van der Waals surface area contributed by atoms with E-state index in [2.05, 4.69) is 15.5 Å². The molecule has 0 unspecified atom stereocenters. The van der Waals surface area contributed by atoms with Crippen LogP contribution in [0.1, 0.15) is 27.3 Å². The van der Waals surface area contributed by atoms with Crippen LogP contribution >= 0.6 is 11.8 Å². The van der Waals surface area contributed by atoms with E-state index in [0.29, 0.717) is 6.54 Å². The van der Waals surface area contributed by atoms with E-state index in [1.54, 1.807) is 4.90 Å². The molecule has 0 saturated carbocycles. The summed E-state index contributed by atoms with van der Waals surface area (Å²) in [6.45, 7) is 0.288. The van der Waals surface area contributed by atoms with Crippen LogP contribution in [-0.4, -0.2) is 38.9 Å². The highest BCUT2D eigenvalue weighted by Crippen LogP contribution is 2.32. The van der Waals surface area contributed by atoms with Crippen molar-refractivity contribution in [3.8, 4) is 5.69 Å². The van der Waals surface area contributed by atoms with Gasteiger partial charge < -0.3 is 10.2 Å². The van der Waals surface area contributed by atoms with Gasteiger partial charge in [-0.3, -0.25) is 14.2 Å². The molecule has 4 aromatic rings. The Bertz CT molecular complexity index is 1540. The molecule has 3 aromatic carbocycles. The van der Waals surface area contributed by atoms with Gasteiger partial charge in [-0.05, 0) is 48.4 Å². The minimum Gasteiger partial charge on any atom is -0.345 e. The lowest BCUT2D eigenvalue weighted by Crippen LogP contribution is -2.30. The van der Waals surface area contributed by atoms with Gasteiger partial charge in [0.05, 0.1) is 29.1 Å². The zero-order valence-corrected chi connectivity index (χ0v) is 21.1. The number of alkyl halides is 3. The highest BCUT2D eigenvalue weighted by Gasteiger charge is 2.31. The number of nitrogens with one attached hydrogen (secondary N) is 1. The fourth-order valence-corrected chi connectivity index (χ4v) is 5.14. The quantitative estimate of drug-likeness (QED) is 0.256. The minimum atomic E-state index is -4.59. The van der Waals surface area contributed by atoms with Gasteiger partial charge in [-0.25, -0.2) is 4.39 Å². The standard InChI is InChI=1S/C27H21F4N5O2S/c28-21-10-3-2-9-20(21)25(38)32-15-23-33-34-26(36(23)19-8-5-7-18(14-19)27(29,30)31)39-16-24(37)35-13-12-17-6-1-4-11-22(17)35/h1-11,14H,12-13,15-16H2,(H,32,38). The Morgan fingerprint density at radius 1 is 0.974 bits per heavy atom. The Balaban J connectivity index is 1.40. The molecular formula is C27H21F4N5O2S. The third-order valence-electron chi connectivity index (χ3n) is 6.17. The first-order chi connectivity index (χ1) is 18.7. The van der Waals surface area contributed by atoms with E-state index in [1.807, 2.05) is 24.3 Å². The summed E-state index contributed by atoms with van der Waals surface area (Å²) in [5.41, 5.74) is 0.936. The maximum Gasteiger partial charge on any atom is 0.416 e. The van der Waals surface area contributed by atoms with Crippen LogP contribution in [0, 0.1) is 5.82 Å². The third-order valence-corrected chi connectivity index (χ3v) is 7.08. The normalized spacial score (nSPS) is 12.9. The van der Waals surface area contributed by atoms with E-state index >= 15 is 0 Å². The number of thioether (sulfide) groups is 1. The average Bonchev–Trinajstić information content (AvgIpc) is 3.54. The molecular weight excluding hydrogens is 534 g/mol. The number of benzene rings is 3. The molecule has 1 N–H and O–H groups in total. The Kier molecular flexibility index (Phi) is 7.38. The highest BCUT2D eigenvalue weighted by atomic mass is 32.2. The highest BCUT2D eigenvalue weighted by molar-refractivity contribution is 7.99. The molecule has 200 valence electrons. The zero-order valence-electron chi connectivity index (χ0n) is 20.3. The van der Waals surface area contributed by atoms with E-state index in [1.165, 1.54) is 34.9 Å². The fraction of sp³-hybridized carbons (Fsp3) is 0.185. The van der Waals surface area contributed by atoms with Gasteiger partial charge in [0.2, 0.25) is 5.91 Å². The molecule has 7 nitrogen and oxygen atoms in total. The van der Waals surface area contributed by atoms with Crippen molar-refractivity contribution in [1.82, 2.24) is 20.1 Å². The first-order valence-electron chi connectivity index (χ1n) is 11.9. The molecule has 0 fully saturated rings. The largest absolute Gasteiger partial charge is 0.416 e. The molecule has 39 heavy (non-hydrogen) atoms. The van der Waals surface area contributed by atoms with Crippen LogP contribution in [0.4, 0.5) is 23.2 Å². The summed E-state index contributed by atoms with van der Waals surface area (Å²) in [4.78, 5) is 27.2. The molecule has 1 aromatic heterocycles. The van der Waals surface area contributed by atoms with Crippen LogP contribution in [0.3, 0.4) is 0 Å². The lowest BCUT2D eigenvalue weighted by atomic mass is 10.2. The van der Waals surface area contributed by atoms with E-state index in [-0.39, 0.29) is 40.4 Å². The number of anilines is 1.